The maximum atomic E-state index is 5.53. The summed E-state index contributed by atoms with van der Waals surface area (Å²) in [4.78, 5) is 10.2. The molecule has 1 aliphatic heterocycles. The minimum atomic E-state index is 0.492. The Kier molecular flexibility index (Phi) is 3.79. The third-order valence-corrected chi connectivity index (χ3v) is 5.94. The van der Waals surface area contributed by atoms with Crippen molar-refractivity contribution in [2.24, 2.45) is 5.92 Å². The summed E-state index contributed by atoms with van der Waals surface area (Å²) in [5, 5.41) is 17.0. The highest BCUT2D eigenvalue weighted by Crippen LogP contribution is 2.32. The molecule has 0 amide bonds. The molecule has 1 aromatic carbocycles. The maximum Gasteiger partial charge on any atom is 0.270 e. The van der Waals surface area contributed by atoms with Crippen LogP contribution in [0.4, 0.5) is 0 Å². The van der Waals surface area contributed by atoms with E-state index in [0.29, 0.717) is 23.3 Å². The van der Waals surface area contributed by atoms with Gasteiger partial charge in [-0.2, -0.15) is 10.1 Å². The van der Waals surface area contributed by atoms with Crippen LogP contribution in [0.2, 0.25) is 0 Å². The van der Waals surface area contributed by atoms with Crippen LogP contribution in [-0.2, 0) is 6.42 Å². The number of nitrogens with zero attached hydrogens (tertiary/aromatic N) is 4. The van der Waals surface area contributed by atoms with Crippen molar-refractivity contribution >= 4 is 22.2 Å². The normalized spacial score (nSPS) is 17.3. The van der Waals surface area contributed by atoms with Gasteiger partial charge in [0, 0.05) is 11.8 Å². The predicted molar refractivity (Wildman–Crippen MR) is 99.9 cm³/mol. The molecule has 7 nitrogen and oxygen atoms in total. The molecule has 3 aromatic heterocycles. The highest BCUT2D eigenvalue weighted by molar-refractivity contribution is 7.15. The molecule has 5 rings (SSSR count). The fourth-order valence-electron chi connectivity index (χ4n) is 3.42. The summed E-state index contributed by atoms with van der Waals surface area (Å²) in [5.41, 5.74) is 2.60. The van der Waals surface area contributed by atoms with E-state index in [-0.39, 0.29) is 0 Å². The molecule has 1 saturated heterocycles. The van der Waals surface area contributed by atoms with Gasteiger partial charge in [-0.3, -0.25) is 5.10 Å². The van der Waals surface area contributed by atoms with Gasteiger partial charge in [-0.05, 0) is 38.4 Å². The number of aromatic amines is 1. The van der Waals surface area contributed by atoms with Gasteiger partial charge in [0.1, 0.15) is 10.6 Å². The van der Waals surface area contributed by atoms with Gasteiger partial charge in [-0.25, -0.2) is 4.98 Å². The van der Waals surface area contributed by atoms with Crippen LogP contribution in [0.25, 0.3) is 33.2 Å². The molecule has 8 heteroatoms. The second-order valence-corrected chi connectivity index (χ2v) is 7.71. The molecule has 0 radical (unpaired) electrons. The van der Waals surface area contributed by atoms with Crippen molar-refractivity contribution in [2.75, 3.05) is 13.1 Å². The second kappa shape index (κ2) is 6.30. The summed E-state index contributed by atoms with van der Waals surface area (Å²) in [6.07, 6.45) is 2.22. The fraction of sp³-hybridized carbons (Fsp3) is 0.333. The smallest absolute Gasteiger partial charge is 0.270 e. The Morgan fingerprint density at radius 2 is 2.19 bits per heavy atom. The van der Waals surface area contributed by atoms with Gasteiger partial charge < -0.3 is 9.84 Å². The third-order valence-electron chi connectivity index (χ3n) is 4.77. The molecule has 1 fully saturated rings. The van der Waals surface area contributed by atoms with Crippen molar-refractivity contribution in [1.29, 1.82) is 0 Å². The summed E-state index contributed by atoms with van der Waals surface area (Å²) >= 11 is 1.65. The van der Waals surface area contributed by atoms with E-state index in [9.17, 15) is 0 Å². The van der Waals surface area contributed by atoms with Crippen molar-refractivity contribution in [1.82, 2.24) is 30.6 Å². The monoisotopic (exact) mass is 366 g/mol. The lowest BCUT2D eigenvalue weighted by Crippen LogP contribution is -2.10. The van der Waals surface area contributed by atoms with E-state index in [2.05, 4.69) is 25.7 Å². The quantitative estimate of drug-likeness (QED) is 0.576. The summed E-state index contributed by atoms with van der Waals surface area (Å²) in [6, 6.07) is 7.91. The van der Waals surface area contributed by atoms with E-state index in [1.165, 1.54) is 6.42 Å². The first-order chi connectivity index (χ1) is 12.8. The first kappa shape index (κ1) is 15.7. The molecule has 0 bridgehead atoms. The number of fused-ring (bicyclic) bond motifs is 1. The molecular formula is C18H18N6OS. The van der Waals surface area contributed by atoms with Crippen LogP contribution < -0.4 is 5.32 Å². The van der Waals surface area contributed by atoms with Gasteiger partial charge in [0.15, 0.2) is 0 Å². The van der Waals surface area contributed by atoms with Crippen LogP contribution in [0.15, 0.2) is 28.8 Å². The van der Waals surface area contributed by atoms with Gasteiger partial charge in [0.05, 0.1) is 16.2 Å². The predicted octanol–water partition coefficient (Wildman–Crippen LogP) is 3.20. The van der Waals surface area contributed by atoms with Gasteiger partial charge >= 0.3 is 0 Å². The van der Waals surface area contributed by atoms with Crippen LogP contribution in [0.5, 0.6) is 0 Å². The van der Waals surface area contributed by atoms with Crippen LogP contribution in [0.3, 0.4) is 0 Å². The Labute approximate surface area is 153 Å². The summed E-state index contributed by atoms with van der Waals surface area (Å²) in [5.74, 6) is 1.67. The van der Waals surface area contributed by atoms with Gasteiger partial charge in [0.2, 0.25) is 5.82 Å². The number of aromatic nitrogens is 5. The molecule has 4 heterocycles. The van der Waals surface area contributed by atoms with Crippen molar-refractivity contribution in [2.45, 2.75) is 19.8 Å². The lowest BCUT2D eigenvalue weighted by atomic mass is 10.1. The molecule has 26 heavy (non-hydrogen) atoms. The lowest BCUT2D eigenvalue weighted by Gasteiger charge is -2.03. The van der Waals surface area contributed by atoms with Crippen molar-refractivity contribution in [3.05, 3.63) is 35.0 Å². The molecule has 0 spiro atoms. The zero-order chi connectivity index (χ0) is 17.5. The molecular weight excluding hydrogens is 348 g/mol. The van der Waals surface area contributed by atoms with Crippen molar-refractivity contribution in [3.8, 4) is 22.3 Å². The fourth-order valence-corrected chi connectivity index (χ4v) is 4.52. The molecule has 2 N–H and O–H groups in total. The second-order valence-electron chi connectivity index (χ2n) is 6.63. The summed E-state index contributed by atoms with van der Waals surface area (Å²) in [7, 11) is 0. The molecule has 132 valence electrons. The Balaban J connectivity index is 1.45. The molecule has 1 unspecified atom stereocenters. The minimum absolute atomic E-state index is 0.492. The summed E-state index contributed by atoms with van der Waals surface area (Å²) in [6.45, 7) is 4.17. The molecule has 4 aromatic rings. The Morgan fingerprint density at radius 3 is 3.08 bits per heavy atom. The van der Waals surface area contributed by atoms with E-state index >= 15 is 0 Å². The highest BCUT2D eigenvalue weighted by Gasteiger charge is 2.22. The van der Waals surface area contributed by atoms with Gasteiger partial charge in [0.25, 0.3) is 5.89 Å². The molecule has 0 aliphatic carbocycles. The maximum absolute atomic E-state index is 5.53. The minimum Gasteiger partial charge on any atom is -0.333 e. The lowest BCUT2D eigenvalue weighted by molar-refractivity contribution is 0.433. The number of rotatable bonds is 4. The van der Waals surface area contributed by atoms with Crippen LogP contribution in [-0.4, -0.2) is 38.4 Å². The first-order valence-corrected chi connectivity index (χ1v) is 9.54. The molecule has 1 atom stereocenters. The summed E-state index contributed by atoms with van der Waals surface area (Å²) < 4.78 is 5.53. The van der Waals surface area contributed by atoms with Crippen LogP contribution in [0.1, 0.15) is 17.1 Å². The number of benzene rings is 1. The Morgan fingerprint density at radius 1 is 1.27 bits per heavy atom. The largest absolute Gasteiger partial charge is 0.333 e. The third kappa shape index (κ3) is 2.71. The standard InChI is InChI=1S/C18H18N6OS/c1-10-16(26-14(20-10)8-11-6-7-19-9-11)18-21-17(24-25-18)15-12-4-2-3-5-13(12)22-23-15/h2-5,11,19H,6-9H2,1H3,(H,22,23). The van der Waals surface area contributed by atoms with Crippen molar-refractivity contribution in [3.63, 3.8) is 0 Å². The Hall–Kier alpha value is -2.58. The van der Waals surface area contributed by atoms with Gasteiger partial charge in [-0.15, -0.1) is 11.3 Å². The van der Waals surface area contributed by atoms with Crippen LogP contribution in [0, 0.1) is 12.8 Å². The van der Waals surface area contributed by atoms with Gasteiger partial charge in [-0.1, -0.05) is 23.4 Å². The van der Waals surface area contributed by atoms with Crippen molar-refractivity contribution < 1.29 is 4.52 Å². The highest BCUT2D eigenvalue weighted by atomic mass is 32.1. The molecule has 1 aliphatic rings. The Bertz CT molecular complexity index is 1060. The average Bonchev–Trinajstić information content (AvgIpc) is 3.41. The zero-order valence-electron chi connectivity index (χ0n) is 14.3. The number of para-hydroxylation sites is 1. The molecule has 0 saturated carbocycles. The SMILES string of the molecule is Cc1nc(CC2CCNC2)sc1-c1nc(-c2n[nH]c3ccccc23)no1. The van der Waals surface area contributed by atoms with E-state index in [4.69, 9.17) is 9.51 Å². The number of hydrogen-bond donors (Lipinski definition) is 2. The number of thiazole rings is 1. The first-order valence-electron chi connectivity index (χ1n) is 8.72. The van der Waals surface area contributed by atoms with E-state index in [1.807, 2.05) is 31.2 Å². The van der Waals surface area contributed by atoms with E-state index in [1.54, 1.807) is 11.3 Å². The van der Waals surface area contributed by atoms with E-state index < -0.39 is 0 Å². The van der Waals surface area contributed by atoms with Crippen LogP contribution >= 0.6 is 11.3 Å². The zero-order valence-corrected chi connectivity index (χ0v) is 15.1. The number of hydrogen-bond acceptors (Lipinski definition) is 7. The number of aryl methyl sites for hydroxylation is 1. The number of nitrogens with one attached hydrogen (secondary N) is 2. The topological polar surface area (TPSA) is 92.5 Å². The van der Waals surface area contributed by atoms with E-state index in [0.717, 1.165) is 46.0 Å². The number of H-pyrrole nitrogens is 1. The average molecular weight is 366 g/mol.